The van der Waals surface area contributed by atoms with Crippen LogP contribution >= 0.6 is 11.3 Å². The van der Waals surface area contributed by atoms with Crippen molar-refractivity contribution in [2.24, 2.45) is 0 Å². The van der Waals surface area contributed by atoms with E-state index in [0.29, 0.717) is 6.54 Å². The maximum atomic E-state index is 13.1. The van der Waals surface area contributed by atoms with Crippen LogP contribution in [0.2, 0.25) is 0 Å². The van der Waals surface area contributed by atoms with Crippen LogP contribution in [0.4, 0.5) is 4.39 Å². The molecular weight excluding hydrogens is 365 g/mol. The Bertz CT molecular complexity index is 746. The molecule has 2 saturated heterocycles. The Labute approximate surface area is 163 Å². The van der Waals surface area contributed by atoms with E-state index in [1.165, 1.54) is 12.1 Å². The van der Waals surface area contributed by atoms with Gasteiger partial charge in [-0.1, -0.05) is 0 Å². The molecule has 2 aliphatic heterocycles. The van der Waals surface area contributed by atoms with Crippen LogP contribution in [0.25, 0.3) is 11.3 Å². The molecule has 2 fully saturated rings. The highest BCUT2D eigenvalue weighted by Gasteiger charge is 2.33. The second-order valence-electron chi connectivity index (χ2n) is 7.56. The molecule has 0 amide bonds. The number of hydrogen-bond donors (Lipinski definition) is 2. The summed E-state index contributed by atoms with van der Waals surface area (Å²) in [7, 11) is 0. The summed E-state index contributed by atoms with van der Waals surface area (Å²) in [4.78, 5) is 9.28. The number of thiazole rings is 1. The lowest BCUT2D eigenvalue weighted by Gasteiger charge is -2.43. The van der Waals surface area contributed by atoms with E-state index in [2.05, 4.69) is 14.8 Å². The molecule has 2 N–H and O–H groups in total. The minimum atomic E-state index is -0.370. The lowest BCUT2D eigenvalue weighted by atomic mass is 9.97. The number of rotatable bonds is 4. The lowest BCUT2D eigenvalue weighted by molar-refractivity contribution is -0.0355. The van der Waals surface area contributed by atoms with Crippen LogP contribution in [0.3, 0.4) is 0 Å². The number of piperidine rings is 2. The van der Waals surface area contributed by atoms with E-state index in [0.717, 1.165) is 61.7 Å². The topological polar surface area (TPSA) is 59.8 Å². The predicted octanol–water partition coefficient (Wildman–Crippen LogP) is 2.34. The Balaban J connectivity index is 1.33. The average Bonchev–Trinajstić information content (AvgIpc) is 3.12. The predicted molar refractivity (Wildman–Crippen MR) is 104 cm³/mol. The molecule has 0 bridgehead atoms. The molecule has 5 nitrogen and oxygen atoms in total. The zero-order valence-electron chi connectivity index (χ0n) is 15.3. The highest BCUT2D eigenvalue weighted by molar-refractivity contribution is 7.09. The van der Waals surface area contributed by atoms with E-state index < -0.39 is 0 Å². The van der Waals surface area contributed by atoms with Gasteiger partial charge in [0.25, 0.3) is 0 Å². The van der Waals surface area contributed by atoms with Crippen molar-refractivity contribution >= 4 is 11.3 Å². The number of halogens is 1. The van der Waals surface area contributed by atoms with Crippen LogP contribution in [0.5, 0.6) is 0 Å². The van der Waals surface area contributed by atoms with Crippen LogP contribution in [-0.2, 0) is 6.54 Å². The van der Waals surface area contributed by atoms with Gasteiger partial charge in [0, 0.05) is 43.2 Å². The van der Waals surface area contributed by atoms with Gasteiger partial charge in [-0.3, -0.25) is 9.80 Å². The van der Waals surface area contributed by atoms with Gasteiger partial charge in [0.1, 0.15) is 10.8 Å². The van der Waals surface area contributed by atoms with Crippen molar-refractivity contribution in [3.05, 3.63) is 40.5 Å². The first-order chi connectivity index (χ1) is 13.1. The minimum absolute atomic E-state index is 0.182. The fourth-order valence-electron chi connectivity index (χ4n) is 4.10. The second kappa shape index (κ2) is 8.32. The van der Waals surface area contributed by atoms with Crippen LogP contribution in [0.1, 0.15) is 24.3 Å². The molecule has 0 radical (unpaired) electrons. The molecule has 4 rings (SSSR count). The molecule has 7 heteroatoms. The van der Waals surface area contributed by atoms with Crippen molar-refractivity contribution in [2.45, 2.75) is 44.1 Å². The summed E-state index contributed by atoms with van der Waals surface area (Å²) >= 11 is 1.61. The molecule has 3 heterocycles. The number of hydrogen-bond acceptors (Lipinski definition) is 6. The number of β-amino-alcohol motifs (C(OH)–C–C–N with tert-alkyl or cyclic N) is 1. The summed E-state index contributed by atoms with van der Waals surface area (Å²) in [6.45, 7) is 4.06. The zero-order valence-corrected chi connectivity index (χ0v) is 16.1. The summed E-state index contributed by atoms with van der Waals surface area (Å²) in [5, 5.41) is 23.3. The largest absolute Gasteiger partial charge is 0.393 e. The number of benzene rings is 1. The molecule has 0 saturated carbocycles. The lowest BCUT2D eigenvalue weighted by Crippen LogP contribution is -2.55. The van der Waals surface area contributed by atoms with Gasteiger partial charge in [-0.25, -0.2) is 9.37 Å². The summed E-state index contributed by atoms with van der Waals surface area (Å²) in [6, 6.07) is 6.60. The third kappa shape index (κ3) is 4.55. The molecule has 1 aromatic heterocycles. The van der Waals surface area contributed by atoms with Crippen molar-refractivity contribution < 1.29 is 14.6 Å². The van der Waals surface area contributed by atoms with Crippen LogP contribution < -0.4 is 0 Å². The first-order valence-electron chi connectivity index (χ1n) is 9.61. The third-order valence-electron chi connectivity index (χ3n) is 5.65. The van der Waals surface area contributed by atoms with Crippen LogP contribution in [0.15, 0.2) is 29.6 Å². The first-order valence-corrected chi connectivity index (χ1v) is 10.5. The number of nitrogens with zero attached hydrogens (tertiary/aromatic N) is 3. The number of aliphatic hydroxyl groups is 2. The highest BCUT2D eigenvalue weighted by Crippen LogP contribution is 2.26. The smallest absolute Gasteiger partial charge is 0.123 e. The number of likely N-dealkylation sites (tertiary alicyclic amines) is 2. The molecule has 1 aromatic carbocycles. The number of aromatic nitrogens is 1. The SMILES string of the molecule is OC1CCN([C@@H]2CCN(Cc3nc(-c4ccc(F)cc4)cs3)C[C@H]2O)CC1. The minimum Gasteiger partial charge on any atom is -0.393 e. The average molecular weight is 392 g/mol. The van der Waals surface area contributed by atoms with Crippen LogP contribution in [0, 0.1) is 5.82 Å². The van der Waals surface area contributed by atoms with Crippen molar-refractivity contribution in [2.75, 3.05) is 26.2 Å². The Morgan fingerprint density at radius 1 is 1.07 bits per heavy atom. The summed E-state index contributed by atoms with van der Waals surface area (Å²) < 4.78 is 13.1. The van der Waals surface area contributed by atoms with Crippen molar-refractivity contribution in [3.8, 4) is 11.3 Å². The van der Waals surface area contributed by atoms with E-state index in [9.17, 15) is 14.6 Å². The first kappa shape index (κ1) is 19.0. The molecule has 2 aliphatic rings. The van der Waals surface area contributed by atoms with Gasteiger partial charge < -0.3 is 10.2 Å². The molecule has 0 aliphatic carbocycles. The van der Waals surface area contributed by atoms with E-state index in [-0.39, 0.29) is 24.1 Å². The Hall–Kier alpha value is -1.38. The van der Waals surface area contributed by atoms with Gasteiger partial charge in [0.15, 0.2) is 0 Å². The van der Waals surface area contributed by atoms with Crippen molar-refractivity contribution in [3.63, 3.8) is 0 Å². The van der Waals surface area contributed by atoms with E-state index >= 15 is 0 Å². The Kier molecular flexibility index (Phi) is 5.85. The van der Waals surface area contributed by atoms with Gasteiger partial charge in [0.05, 0.1) is 24.4 Å². The molecule has 2 aromatic rings. The fraction of sp³-hybridized carbons (Fsp3) is 0.550. The zero-order chi connectivity index (χ0) is 18.8. The normalized spacial score (nSPS) is 25.7. The van der Waals surface area contributed by atoms with Crippen molar-refractivity contribution in [1.82, 2.24) is 14.8 Å². The number of aliphatic hydroxyl groups excluding tert-OH is 2. The van der Waals surface area contributed by atoms with E-state index in [1.54, 1.807) is 23.5 Å². The monoisotopic (exact) mass is 391 g/mol. The molecule has 27 heavy (non-hydrogen) atoms. The van der Waals surface area contributed by atoms with E-state index in [1.807, 2.05) is 5.38 Å². The summed E-state index contributed by atoms with van der Waals surface area (Å²) in [5.41, 5.74) is 1.79. The Morgan fingerprint density at radius 2 is 1.81 bits per heavy atom. The standard InChI is InChI=1S/C20H26FN3O2S/c21-15-3-1-14(2-4-15)17-13-27-20(22-17)12-23-8-7-18(19(26)11-23)24-9-5-16(25)6-10-24/h1-4,13,16,18-19,25-26H,5-12H2/t18-,19-/m1/s1. The second-order valence-corrected chi connectivity index (χ2v) is 8.50. The van der Waals surface area contributed by atoms with Crippen molar-refractivity contribution in [1.29, 1.82) is 0 Å². The van der Waals surface area contributed by atoms with Gasteiger partial charge in [0.2, 0.25) is 0 Å². The molecule has 0 unspecified atom stereocenters. The summed E-state index contributed by atoms with van der Waals surface area (Å²) in [5.74, 6) is -0.241. The molecule has 146 valence electrons. The third-order valence-corrected chi connectivity index (χ3v) is 6.48. The van der Waals surface area contributed by atoms with Gasteiger partial charge in [-0.2, -0.15) is 0 Å². The quantitative estimate of drug-likeness (QED) is 0.838. The molecular formula is C20H26FN3O2S. The van der Waals surface area contributed by atoms with Crippen LogP contribution in [-0.4, -0.2) is 69.4 Å². The molecule has 2 atom stereocenters. The summed E-state index contributed by atoms with van der Waals surface area (Å²) in [6.07, 6.45) is 1.99. The molecule has 0 spiro atoms. The van der Waals surface area contributed by atoms with Gasteiger partial charge in [-0.15, -0.1) is 11.3 Å². The maximum Gasteiger partial charge on any atom is 0.123 e. The van der Waals surface area contributed by atoms with E-state index in [4.69, 9.17) is 0 Å². The fourth-order valence-corrected chi connectivity index (χ4v) is 4.94. The highest BCUT2D eigenvalue weighted by atomic mass is 32.1. The van der Waals surface area contributed by atoms with Gasteiger partial charge >= 0.3 is 0 Å². The Morgan fingerprint density at radius 3 is 2.52 bits per heavy atom. The maximum absolute atomic E-state index is 13.1. The van der Waals surface area contributed by atoms with Gasteiger partial charge in [-0.05, 0) is 43.5 Å².